The zero-order valence-corrected chi connectivity index (χ0v) is 20.8. The van der Waals surface area contributed by atoms with Gasteiger partial charge in [0, 0.05) is 29.7 Å². The molecular formula is C23H34N4O2S2. The summed E-state index contributed by atoms with van der Waals surface area (Å²) >= 11 is 7.01. The lowest BCUT2D eigenvalue weighted by Gasteiger charge is -2.25. The highest BCUT2D eigenvalue weighted by molar-refractivity contribution is 7.80. The summed E-state index contributed by atoms with van der Waals surface area (Å²) in [5.74, 6) is 0. The molecule has 6 nitrogen and oxygen atoms in total. The SMILES string of the molecule is CCCCN(CCCC)C(=S)Nc1ccc(-c2csc(NC(=O)OC(C)(C)C)n2)cc1. The number of thiocarbonyl (C=S) groups is 1. The van der Waals surface area contributed by atoms with Gasteiger partial charge >= 0.3 is 6.09 Å². The van der Waals surface area contributed by atoms with Crippen LogP contribution in [0.3, 0.4) is 0 Å². The van der Waals surface area contributed by atoms with Gasteiger partial charge in [0.15, 0.2) is 10.2 Å². The van der Waals surface area contributed by atoms with Crippen LogP contribution >= 0.6 is 23.6 Å². The normalized spacial score (nSPS) is 11.1. The van der Waals surface area contributed by atoms with Crippen molar-refractivity contribution in [3.63, 3.8) is 0 Å². The molecule has 1 amide bonds. The fourth-order valence-electron chi connectivity index (χ4n) is 2.79. The van der Waals surface area contributed by atoms with Gasteiger partial charge in [-0.15, -0.1) is 11.3 Å². The molecule has 0 aliphatic carbocycles. The molecule has 0 bridgehead atoms. The molecular weight excluding hydrogens is 428 g/mol. The van der Waals surface area contributed by atoms with E-state index < -0.39 is 11.7 Å². The summed E-state index contributed by atoms with van der Waals surface area (Å²) in [6, 6.07) is 8.00. The first-order chi connectivity index (χ1) is 14.7. The maximum Gasteiger partial charge on any atom is 0.413 e. The van der Waals surface area contributed by atoms with Crippen molar-refractivity contribution in [2.24, 2.45) is 0 Å². The van der Waals surface area contributed by atoms with Crippen LogP contribution in [0, 0.1) is 0 Å². The predicted molar refractivity (Wildman–Crippen MR) is 135 cm³/mol. The molecule has 0 saturated heterocycles. The Hall–Kier alpha value is -2.19. The monoisotopic (exact) mass is 462 g/mol. The number of amides is 1. The number of thiazole rings is 1. The molecule has 2 aromatic rings. The molecule has 0 spiro atoms. The van der Waals surface area contributed by atoms with Gasteiger partial charge in [-0.3, -0.25) is 5.32 Å². The Balaban J connectivity index is 1.97. The lowest BCUT2D eigenvalue weighted by atomic mass is 10.1. The Morgan fingerprint density at radius 3 is 2.26 bits per heavy atom. The summed E-state index contributed by atoms with van der Waals surface area (Å²) < 4.78 is 5.27. The number of carbonyl (C=O) groups is 1. The smallest absolute Gasteiger partial charge is 0.413 e. The van der Waals surface area contributed by atoms with Crippen LogP contribution in [0.15, 0.2) is 29.6 Å². The van der Waals surface area contributed by atoms with E-state index in [0.29, 0.717) is 5.13 Å². The second kappa shape index (κ2) is 12.0. The molecule has 0 unspecified atom stereocenters. The standard InChI is InChI=1S/C23H34N4O2S2/c1-6-8-14-27(15-9-7-2)21(30)24-18-12-10-17(11-13-18)19-16-31-20(25-19)26-22(28)29-23(3,4)5/h10-13,16H,6-9,14-15H2,1-5H3,(H,24,30)(H,25,26,28). The number of hydrogen-bond donors (Lipinski definition) is 2. The average molecular weight is 463 g/mol. The van der Waals surface area contributed by atoms with Gasteiger partial charge in [-0.25, -0.2) is 9.78 Å². The molecule has 1 aromatic heterocycles. The summed E-state index contributed by atoms with van der Waals surface area (Å²) in [4.78, 5) is 18.7. The van der Waals surface area contributed by atoms with Crippen molar-refractivity contribution in [3.05, 3.63) is 29.6 Å². The number of anilines is 2. The minimum absolute atomic E-state index is 0.503. The molecule has 1 heterocycles. The second-order valence-electron chi connectivity index (χ2n) is 8.37. The van der Waals surface area contributed by atoms with Crippen LogP contribution < -0.4 is 10.6 Å². The van der Waals surface area contributed by atoms with E-state index in [1.165, 1.54) is 11.3 Å². The maximum atomic E-state index is 11.9. The third-order valence-electron chi connectivity index (χ3n) is 4.39. The molecule has 0 saturated carbocycles. The van der Waals surface area contributed by atoms with Gasteiger partial charge < -0.3 is 15.0 Å². The molecule has 170 valence electrons. The van der Waals surface area contributed by atoms with Crippen molar-refractivity contribution in [2.45, 2.75) is 65.9 Å². The second-order valence-corrected chi connectivity index (χ2v) is 9.61. The van der Waals surface area contributed by atoms with E-state index in [2.05, 4.69) is 34.4 Å². The Bertz CT molecular complexity index is 836. The van der Waals surface area contributed by atoms with E-state index >= 15 is 0 Å². The van der Waals surface area contributed by atoms with Gasteiger partial charge in [-0.2, -0.15) is 0 Å². The highest BCUT2D eigenvalue weighted by Gasteiger charge is 2.17. The number of carbonyl (C=O) groups excluding carboxylic acids is 1. The first-order valence-corrected chi connectivity index (χ1v) is 12.1. The Morgan fingerprint density at radius 2 is 1.71 bits per heavy atom. The van der Waals surface area contributed by atoms with Crippen LogP contribution in [0.25, 0.3) is 11.3 Å². The zero-order valence-electron chi connectivity index (χ0n) is 19.2. The van der Waals surface area contributed by atoms with Crippen molar-refractivity contribution in [2.75, 3.05) is 23.7 Å². The van der Waals surface area contributed by atoms with Crippen LogP contribution in [0.5, 0.6) is 0 Å². The highest BCUT2D eigenvalue weighted by Crippen LogP contribution is 2.26. The van der Waals surface area contributed by atoms with Crippen LogP contribution in [-0.2, 0) is 4.74 Å². The van der Waals surface area contributed by atoms with Gasteiger partial charge in [0.1, 0.15) is 5.60 Å². The Kier molecular flexibility index (Phi) is 9.71. The molecule has 0 aliphatic rings. The lowest BCUT2D eigenvalue weighted by Crippen LogP contribution is -2.36. The van der Waals surface area contributed by atoms with Gasteiger partial charge in [0.05, 0.1) is 5.69 Å². The molecule has 31 heavy (non-hydrogen) atoms. The lowest BCUT2D eigenvalue weighted by molar-refractivity contribution is 0.0636. The molecule has 2 N–H and O–H groups in total. The topological polar surface area (TPSA) is 66.5 Å². The quantitative estimate of drug-likeness (QED) is 0.402. The predicted octanol–water partition coefficient (Wildman–Crippen LogP) is 6.76. The molecule has 0 fully saturated rings. The van der Waals surface area contributed by atoms with Crippen LogP contribution in [0.4, 0.5) is 15.6 Å². The Morgan fingerprint density at radius 1 is 1.10 bits per heavy atom. The van der Waals surface area contributed by atoms with Crippen molar-refractivity contribution >= 4 is 45.6 Å². The zero-order chi connectivity index (χ0) is 22.9. The number of hydrogen-bond acceptors (Lipinski definition) is 5. The summed E-state index contributed by atoms with van der Waals surface area (Å²) in [7, 11) is 0. The van der Waals surface area contributed by atoms with E-state index in [1.54, 1.807) is 0 Å². The van der Waals surface area contributed by atoms with E-state index in [-0.39, 0.29) is 0 Å². The number of nitrogens with one attached hydrogen (secondary N) is 2. The summed E-state index contributed by atoms with van der Waals surface area (Å²) in [6.45, 7) is 11.8. The fourth-order valence-corrected chi connectivity index (χ4v) is 3.80. The third kappa shape index (κ3) is 8.83. The largest absolute Gasteiger partial charge is 0.444 e. The van der Waals surface area contributed by atoms with Crippen LogP contribution in [0.2, 0.25) is 0 Å². The fraction of sp³-hybridized carbons (Fsp3) is 0.522. The van der Waals surface area contributed by atoms with E-state index in [9.17, 15) is 4.79 Å². The third-order valence-corrected chi connectivity index (χ3v) is 5.51. The maximum absolute atomic E-state index is 11.9. The number of aromatic nitrogens is 1. The number of nitrogens with zero attached hydrogens (tertiary/aromatic N) is 2. The highest BCUT2D eigenvalue weighted by atomic mass is 32.1. The van der Waals surface area contributed by atoms with Crippen LogP contribution in [0.1, 0.15) is 60.3 Å². The van der Waals surface area contributed by atoms with Crippen molar-refractivity contribution in [1.29, 1.82) is 0 Å². The molecule has 8 heteroatoms. The van der Waals surface area contributed by atoms with Crippen molar-refractivity contribution in [1.82, 2.24) is 9.88 Å². The molecule has 0 atom stereocenters. The minimum atomic E-state index is -0.545. The first kappa shape index (κ1) is 25.1. The summed E-state index contributed by atoms with van der Waals surface area (Å²) in [6.07, 6.45) is 4.07. The van der Waals surface area contributed by atoms with Crippen molar-refractivity contribution < 1.29 is 9.53 Å². The number of rotatable bonds is 9. The van der Waals surface area contributed by atoms with Gasteiger partial charge in [0.2, 0.25) is 0 Å². The molecule has 0 radical (unpaired) electrons. The summed E-state index contributed by atoms with van der Waals surface area (Å²) in [5.41, 5.74) is 2.18. The van der Waals surface area contributed by atoms with Gasteiger partial charge in [0.25, 0.3) is 0 Å². The average Bonchev–Trinajstić information content (AvgIpc) is 3.15. The van der Waals surface area contributed by atoms with Crippen LogP contribution in [-0.4, -0.2) is 39.8 Å². The van der Waals surface area contributed by atoms with E-state index in [4.69, 9.17) is 17.0 Å². The minimum Gasteiger partial charge on any atom is -0.444 e. The van der Waals surface area contributed by atoms with E-state index in [0.717, 1.165) is 60.8 Å². The van der Waals surface area contributed by atoms with Gasteiger partial charge in [-0.1, -0.05) is 38.8 Å². The summed E-state index contributed by atoms with van der Waals surface area (Å²) in [5, 5.41) is 9.23. The van der Waals surface area contributed by atoms with E-state index in [1.807, 2.05) is 50.4 Å². The number of unbranched alkanes of at least 4 members (excludes halogenated alkanes) is 2. The van der Waals surface area contributed by atoms with Crippen molar-refractivity contribution in [3.8, 4) is 11.3 Å². The molecule has 2 rings (SSSR count). The molecule has 1 aromatic carbocycles. The molecule has 0 aliphatic heterocycles. The number of ether oxygens (including phenoxy) is 1. The van der Waals surface area contributed by atoms with Gasteiger partial charge in [-0.05, 0) is 58.0 Å². The Labute approximate surface area is 195 Å². The number of benzene rings is 1. The first-order valence-electron chi connectivity index (χ1n) is 10.8.